The van der Waals surface area contributed by atoms with Gasteiger partial charge < -0.3 is 14.8 Å². The number of hydrogen-bond donors (Lipinski definition) is 1. The monoisotopic (exact) mass is 251 g/mol. The lowest BCUT2D eigenvalue weighted by Gasteiger charge is -2.10. The molecule has 1 aromatic rings. The smallest absolute Gasteiger partial charge is 0.257 e. The number of carbonyl (C=O) groups excluding carboxylic acids is 1. The zero-order chi connectivity index (χ0) is 13.4. The van der Waals surface area contributed by atoms with Crippen molar-refractivity contribution in [2.45, 2.75) is 20.3 Å². The van der Waals surface area contributed by atoms with Gasteiger partial charge >= 0.3 is 0 Å². The lowest BCUT2D eigenvalue weighted by atomic mass is 10.1. The van der Waals surface area contributed by atoms with Crippen molar-refractivity contribution >= 4 is 5.91 Å². The van der Waals surface area contributed by atoms with Crippen LogP contribution in [0, 0.1) is 13.8 Å². The Balaban J connectivity index is 2.29. The summed E-state index contributed by atoms with van der Waals surface area (Å²) in [5.41, 5.74) is 2.23. The summed E-state index contributed by atoms with van der Waals surface area (Å²) in [7, 11) is 1.64. The van der Waals surface area contributed by atoms with Crippen molar-refractivity contribution in [2.24, 2.45) is 0 Å². The van der Waals surface area contributed by atoms with Gasteiger partial charge in [-0.3, -0.25) is 4.79 Å². The Morgan fingerprint density at radius 3 is 2.78 bits per heavy atom. The highest BCUT2D eigenvalue weighted by Gasteiger charge is 2.04. The van der Waals surface area contributed by atoms with Crippen molar-refractivity contribution in [3.05, 3.63) is 29.3 Å². The highest BCUT2D eigenvalue weighted by Crippen LogP contribution is 2.18. The zero-order valence-electron chi connectivity index (χ0n) is 11.3. The first-order valence-corrected chi connectivity index (χ1v) is 6.09. The topological polar surface area (TPSA) is 47.6 Å². The van der Waals surface area contributed by atoms with E-state index in [-0.39, 0.29) is 12.5 Å². The van der Waals surface area contributed by atoms with E-state index in [4.69, 9.17) is 9.47 Å². The minimum absolute atomic E-state index is 0.0525. The van der Waals surface area contributed by atoms with Crippen LogP contribution in [0.15, 0.2) is 18.2 Å². The highest BCUT2D eigenvalue weighted by molar-refractivity contribution is 5.77. The summed E-state index contributed by atoms with van der Waals surface area (Å²) in [4.78, 5) is 11.5. The molecule has 1 rings (SSSR count). The molecule has 100 valence electrons. The Morgan fingerprint density at radius 2 is 2.11 bits per heavy atom. The molecule has 0 aromatic heterocycles. The molecule has 0 bridgehead atoms. The molecule has 0 aliphatic heterocycles. The maximum absolute atomic E-state index is 11.5. The number of methoxy groups -OCH3 is 1. The number of nitrogens with one attached hydrogen (secondary N) is 1. The predicted molar refractivity (Wildman–Crippen MR) is 70.9 cm³/mol. The van der Waals surface area contributed by atoms with Gasteiger partial charge in [0.15, 0.2) is 6.61 Å². The van der Waals surface area contributed by atoms with Crippen LogP contribution in [0.2, 0.25) is 0 Å². The molecule has 4 nitrogen and oxygen atoms in total. The van der Waals surface area contributed by atoms with Gasteiger partial charge in [0.25, 0.3) is 5.91 Å². The molecule has 0 saturated carbocycles. The molecule has 0 aliphatic carbocycles. The van der Waals surface area contributed by atoms with Gasteiger partial charge in [0, 0.05) is 20.3 Å². The number of ether oxygens (including phenoxy) is 2. The van der Waals surface area contributed by atoms with E-state index in [1.807, 2.05) is 32.0 Å². The summed E-state index contributed by atoms with van der Waals surface area (Å²) in [5, 5.41) is 2.77. The van der Waals surface area contributed by atoms with Crippen LogP contribution in [-0.4, -0.2) is 32.8 Å². The van der Waals surface area contributed by atoms with Crippen LogP contribution >= 0.6 is 0 Å². The van der Waals surface area contributed by atoms with E-state index in [1.54, 1.807) is 7.11 Å². The van der Waals surface area contributed by atoms with Crippen molar-refractivity contribution in [3.63, 3.8) is 0 Å². The van der Waals surface area contributed by atoms with E-state index < -0.39 is 0 Å². The van der Waals surface area contributed by atoms with Crippen LogP contribution in [0.5, 0.6) is 5.75 Å². The molecule has 1 amide bonds. The Bertz CT molecular complexity index is 391. The molecule has 1 aromatic carbocycles. The molecular formula is C14H21NO3. The SMILES string of the molecule is COCCCNC(=O)COc1ccc(C)cc1C. The van der Waals surface area contributed by atoms with E-state index in [1.165, 1.54) is 5.56 Å². The van der Waals surface area contributed by atoms with Gasteiger partial charge in [-0.2, -0.15) is 0 Å². The standard InChI is InChI=1S/C14H21NO3/c1-11-5-6-13(12(2)9-11)18-10-14(16)15-7-4-8-17-3/h5-6,9H,4,7-8,10H2,1-3H3,(H,15,16). The van der Waals surface area contributed by atoms with E-state index in [9.17, 15) is 4.79 Å². The maximum atomic E-state index is 11.5. The Hall–Kier alpha value is -1.55. The first-order chi connectivity index (χ1) is 8.63. The molecule has 0 fully saturated rings. The average Bonchev–Trinajstić information content (AvgIpc) is 2.33. The number of hydrogen-bond acceptors (Lipinski definition) is 3. The lowest BCUT2D eigenvalue weighted by molar-refractivity contribution is -0.123. The van der Waals surface area contributed by atoms with Crippen LogP contribution in [0.25, 0.3) is 0 Å². The third-order valence-electron chi connectivity index (χ3n) is 2.54. The zero-order valence-corrected chi connectivity index (χ0v) is 11.3. The van der Waals surface area contributed by atoms with E-state index in [2.05, 4.69) is 5.32 Å². The number of aryl methyl sites for hydroxylation is 2. The van der Waals surface area contributed by atoms with Crippen LogP contribution in [0.4, 0.5) is 0 Å². The predicted octanol–water partition coefficient (Wildman–Crippen LogP) is 1.83. The van der Waals surface area contributed by atoms with Crippen LogP contribution in [0.3, 0.4) is 0 Å². The van der Waals surface area contributed by atoms with Crippen molar-refractivity contribution in [2.75, 3.05) is 26.9 Å². The summed E-state index contributed by atoms with van der Waals surface area (Å²) in [6.45, 7) is 5.32. The third-order valence-corrected chi connectivity index (χ3v) is 2.54. The van der Waals surface area contributed by atoms with Crippen molar-refractivity contribution in [3.8, 4) is 5.75 Å². The summed E-state index contributed by atoms with van der Waals surface area (Å²) >= 11 is 0. The summed E-state index contributed by atoms with van der Waals surface area (Å²) in [6, 6.07) is 5.90. The second kappa shape index (κ2) is 7.71. The van der Waals surface area contributed by atoms with Gasteiger partial charge in [-0.05, 0) is 31.9 Å². The Labute approximate surface area is 108 Å². The van der Waals surface area contributed by atoms with Gasteiger partial charge in [-0.25, -0.2) is 0 Å². The van der Waals surface area contributed by atoms with Crippen LogP contribution in [0.1, 0.15) is 17.5 Å². The molecule has 0 radical (unpaired) electrons. The second-order valence-corrected chi connectivity index (χ2v) is 4.25. The molecule has 0 saturated heterocycles. The largest absolute Gasteiger partial charge is 0.484 e. The molecule has 0 atom stereocenters. The van der Waals surface area contributed by atoms with Gasteiger partial charge in [-0.1, -0.05) is 17.7 Å². The normalized spacial score (nSPS) is 10.2. The quantitative estimate of drug-likeness (QED) is 0.752. The van der Waals surface area contributed by atoms with Crippen molar-refractivity contribution in [1.82, 2.24) is 5.32 Å². The summed E-state index contributed by atoms with van der Waals surface area (Å²) < 4.78 is 10.4. The Morgan fingerprint density at radius 1 is 1.33 bits per heavy atom. The number of benzene rings is 1. The van der Waals surface area contributed by atoms with Crippen molar-refractivity contribution < 1.29 is 14.3 Å². The molecule has 0 unspecified atom stereocenters. The fourth-order valence-electron chi connectivity index (χ4n) is 1.60. The average molecular weight is 251 g/mol. The van der Waals surface area contributed by atoms with E-state index in [0.29, 0.717) is 13.2 Å². The van der Waals surface area contributed by atoms with Crippen LogP contribution < -0.4 is 10.1 Å². The molecule has 0 heterocycles. The third kappa shape index (κ3) is 5.19. The molecule has 0 aliphatic rings. The minimum Gasteiger partial charge on any atom is -0.484 e. The number of amides is 1. The summed E-state index contributed by atoms with van der Waals surface area (Å²) in [5.74, 6) is 0.652. The molecule has 1 N–H and O–H groups in total. The lowest BCUT2D eigenvalue weighted by Crippen LogP contribution is -2.30. The van der Waals surface area contributed by atoms with Gasteiger partial charge in [0.2, 0.25) is 0 Å². The van der Waals surface area contributed by atoms with Gasteiger partial charge in [0.1, 0.15) is 5.75 Å². The molecule has 0 spiro atoms. The second-order valence-electron chi connectivity index (χ2n) is 4.25. The fraction of sp³-hybridized carbons (Fsp3) is 0.500. The number of rotatable bonds is 7. The molecule has 4 heteroatoms. The maximum Gasteiger partial charge on any atom is 0.257 e. The first-order valence-electron chi connectivity index (χ1n) is 6.09. The fourth-order valence-corrected chi connectivity index (χ4v) is 1.60. The molecular weight excluding hydrogens is 230 g/mol. The highest BCUT2D eigenvalue weighted by atomic mass is 16.5. The van der Waals surface area contributed by atoms with Crippen LogP contribution in [-0.2, 0) is 9.53 Å². The minimum atomic E-state index is -0.105. The van der Waals surface area contributed by atoms with E-state index in [0.717, 1.165) is 17.7 Å². The number of carbonyl (C=O) groups is 1. The van der Waals surface area contributed by atoms with Gasteiger partial charge in [-0.15, -0.1) is 0 Å². The van der Waals surface area contributed by atoms with E-state index >= 15 is 0 Å². The van der Waals surface area contributed by atoms with Crippen molar-refractivity contribution in [1.29, 1.82) is 0 Å². The summed E-state index contributed by atoms with van der Waals surface area (Å²) in [6.07, 6.45) is 0.811. The molecule has 18 heavy (non-hydrogen) atoms. The van der Waals surface area contributed by atoms with Gasteiger partial charge in [0.05, 0.1) is 0 Å². The Kier molecular flexibility index (Phi) is 6.22. The first kappa shape index (κ1) is 14.5.